The molecule has 0 saturated heterocycles. The molecule has 2 heterocycles. The molecule has 7 heteroatoms. The summed E-state index contributed by atoms with van der Waals surface area (Å²) in [4.78, 5) is 18.8. The number of carbonyl (C=O) groups is 1. The van der Waals surface area contributed by atoms with E-state index in [-0.39, 0.29) is 5.75 Å². The van der Waals surface area contributed by atoms with E-state index >= 15 is 0 Å². The highest BCUT2D eigenvalue weighted by atomic mass is 32.2. The summed E-state index contributed by atoms with van der Waals surface area (Å²) in [5.41, 5.74) is 0.672. The van der Waals surface area contributed by atoms with Crippen molar-refractivity contribution in [3.05, 3.63) is 24.4 Å². The number of carboxylic acids is 1. The van der Waals surface area contributed by atoms with Crippen LogP contribution in [0.1, 0.15) is 0 Å². The lowest BCUT2D eigenvalue weighted by Crippen LogP contribution is -2.00. The van der Waals surface area contributed by atoms with Gasteiger partial charge in [0.1, 0.15) is 5.69 Å². The van der Waals surface area contributed by atoms with E-state index in [1.54, 1.807) is 24.0 Å². The molecule has 0 bridgehead atoms. The van der Waals surface area contributed by atoms with Crippen LogP contribution in [0, 0.1) is 0 Å². The SMILES string of the molecule is Cn1nc(-c2ccccn2)nc1SCC(=O)O. The van der Waals surface area contributed by atoms with Gasteiger partial charge in [0.15, 0.2) is 5.16 Å². The lowest BCUT2D eigenvalue weighted by Gasteiger charge is -1.94. The topological polar surface area (TPSA) is 80.9 Å². The zero-order chi connectivity index (χ0) is 12.3. The molecule has 0 atom stereocenters. The highest BCUT2D eigenvalue weighted by Crippen LogP contribution is 2.18. The summed E-state index contributed by atoms with van der Waals surface area (Å²) in [6.45, 7) is 0. The van der Waals surface area contributed by atoms with E-state index < -0.39 is 5.97 Å². The first-order valence-electron chi connectivity index (χ1n) is 4.84. The molecule has 0 aromatic carbocycles. The molecule has 88 valence electrons. The summed E-state index contributed by atoms with van der Waals surface area (Å²) in [5.74, 6) is -0.410. The van der Waals surface area contributed by atoms with E-state index in [2.05, 4.69) is 15.1 Å². The minimum absolute atomic E-state index is 0.0335. The summed E-state index contributed by atoms with van der Waals surface area (Å²) in [7, 11) is 1.73. The molecule has 0 aliphatic heterocycles. The van der Waals surface area contributed by atoms with Gasteiger partial charge in [-0.15, -0.1) is 5.10 Å². The van der Waals surface area contributed by atoms with Crippen LogP contribution in [0.15, 0.2) is 29.6 Å². The van der Waals surface area contributed by atoms with Gasteiger partial charge in [0.2, 0.25) is 5.82 Å². The second-order valence-corrected chi connectivity index (χ2v) is 4.18. The van der Waals surface area contributed by atoms with Gasteiger partial charge in [0.05, 0.1) is 5.75 Å². The molecule has 2 rings (SSSR count). The van der Waals surface area contributed by atoms with E-state index in [9.17, 15) is 4.79 Å². The molecule has 0 aliphatic rings. The number of aliphatic carboxylic acids is 1. The quantitative estimate of drug-likeness (QED) is 0.817. The number of carboxylic acid groups (broad SMARTS) is 1. The van der Waals surface area contributed by atoms with Crippen LogP contribution in [0.25, 0.3) is 11.5 Å². The molecule has 0 fully saturated rings. The lowest BCUT2D eigenvalue weighted by atomic mass is 10.3. The van der Waals surface area contributed by atoms with Crippen molar-refractivity contribution in [3.63, 3.8) is 0 Å². The van der Waals surface area contributed by atoms with Crippen molar-refractivity contribution in [1.82, 2.24) is 19.7 Å². The molecular formula is C10H10N4O2S. The van der Waals surface area contributed by atoms with Crippen molar-refractivity contribution in [2.24, 2.45) is 7.05 Å². The molecule has 0 unspecified atom stereocenters. The molecule has 0 radical (unpaired) electrons. The number of hydrogen-bond donors (Lipinski definition) is 1. The molecule has 0 saturated carbocycles. The zero-order valence-electron chi connectivity index (χ0n) is 9.07. The number of thioether (sulfide) groups is 1. The molecule has 6 nitrogen and oxygen atoms in total. The Kier molecular flexibility index (Phi) is 3.38. The van der Waals surface area contributed by atoms with Gasteiger partial charge in [-0.1, -0.05) is 17.8 Å². The second kappa shape index (κ2) is 4.96. The van der Waals surface area contributed by atoms with E-state index in [1.807, 2.05) is 12.1 Å². The van der Waals surface area contributed by atoms with Gasteiger partial charge in [0.25, 0.3) is 0 Å². The van der Waals surface area contributed by atoms with Crippen molar-refractivity contribution in [1.29, 1.82) is 0 Å². The number of pyridine rings is 1. The number of aryl methyl sites for hydroxylation is 1. The molecule has 0 spiro atoms. The summed E-state index contributed by atoms with van der Waals surface area (Å²) in [6.07, 6.45) is 1.66. The van der Waals surface area contributed by atoms with Crippen LogP contribution >= 0.6 is 11.8 Å². The fourth-order valence-electron chi connectivity index (χ4n) is 1.23. The zero-order valence-corrected chi connectivity index (χ0v) is 9.89. The van der Waals surface area contributed by atoms with Crippen molar-refractivity contribution in [2.75, 3.05) is 5.75 Å². The predicted octanol–water partition coefficient (Wildman–Crippen LogP) is 1.05. The molecule has 2 aromatic rings. The molecule has 0 amide bonds. The van der Waals surface area contributed by atoms with Crippen molar-refractivity contribution in [2.45, 2.75) is 5.16 Å². The smallest absolute Gasteiger partial charge is 0.313 e. The van der Waals surface area contributed by atoms with Crippen LogP contribution in [-0.4, -0.2) is 36.6 Å². The first kappa shape index (κ1) is 11.6. The van der Waals surface area contributed by atoms with Crippen LogP contribution in [0.2, 0.25) is 0 Å². The monoisotopic (exact) mass is 250 g/mol. The number of aromatic nitrogens is 4. The Morgan fingerprint density at radius 1 is 1.53 bits per heavy atom. The Balaban J connectivity index is 2.22. The van der Waals surface area contributed by atoms with Gasteiger partial charge >= 0.3 is 5.97 Å². The third-order valence-corrected chi connectivity index (χ3v) is 2.95. The number of rotatable bonds is 4. The maximum absolute atomic E-state index is 10.5. The molecule has 17 heavy (non-hydrogen) atoms. The number of nitrogens with zero attached hydrogens (tertiary/aromatic N) is 4. The van der Waals surface area contributed by atoms with Gasteiger partial charge < -0.3 is 5.11 Å². The van der Waals surface area contributed by atoms with Crippen LogP contribution < -0.4 is 0 Å². The Labute approximate surface area is 102 Å². The second-order valence-electron chi connectivity index (χ2n) is 3.24. The Bertz CT molecular complexity index is 526. The molecule has 0 aliphatic carbocycles. The first-order valence-corrected chi connectivity index (χ1v) is 5.82. The van der Waals surface area contributed by atoms with Crippen LogP contribution in [0.3, 0.4) is 0 Å². The van der Waals surface area contributed by atoms with Gasteiger partial charge in [-0.2, -0.15) is 4.98 Å². The fourth-order valence-corrected chi connectivity index (χ4v) is 1.86. The van der Waals surface area contributed by atoms with Crippen molar-refractivity contribution < 1.29 is 9.90 Å². The van der Waals surface area contributed by atoms with Crippen LogP contribution in [0.5, 0.6) is 0 Å². The Morgan fingerprint density at radius 2 is 2.35 bits per heavy atom. The van der Waals surface area contributed by atoms with Gasteiger partial charge in [-0.3, -0.25) is 9.78 Å². The molecule has 1 N–H and O–H groups in total. The third kappa shape index (κ3) is 2.82. The van der Waals surface area contributed by atoms with E-state index in [4.69, 9.17) is 5.11 Å². The highest BCUT2D eigenvalue weighted by Gasteiger charge is 2.11. The average Bonchev–Trinajstić information content (AvgIpc) is 2.69. The normalized spacial score (nSPS) is 10.4. The Hall–Kier alpha value is -1.89. The standard InChI is InChI=1S/C10H10N4O2S/c1-14-10(17-6-8(15)16)12-9(13-14)7-4-2-3-5-11-7/h2-5H,6H2,1H3,(H,15,16). The maximum Gasteiger partial charge on any atom is 0.313 e. The Morgan fingerprint density at radius 3 is 3.00 bits per heavy atom. The van der Waals surface area contributed by atoms with Gasteiger partial charge in [-0.25, -0.2) is 4.68 Å². The predicted molar refractivity (Wildman–Crippen MR) is 62.6 cm³/mol. The van der Waals surface area contributed by atoms with Crippen LogP contribution in [0.4, 0.5) is 0 Å². The van der Waals surface area contributed by atoms with E-state index in [0.29, 0.717) is 16.7 Å². The highest BCUT2D eigenvalue weighted by molar-refractivity contribution is 7.99. The summed E-state index contributed by atoms with van der Waals surface area (Å²) in [6, 6.07) is 5.47. The van der Waals surface area contributed by atoms with E-state index in [0.717, 1.165) is 11.8 Å². The summed E-state index contributed by atoms with van der Waals surface area (Å²) < 4.78 is 1.55. The minimum Gasteiger partial charge on any atom is -0.481 e. The van der Waals surface area contributed by atoms with Gasteiger partial charge in [-0.05, 0) is 12.1 Å². The largest absolute Gasteiger partial charge is 0.481 e. The first-order chi connectivity index (χ1) is 8.16. The summed E-state index contributed by atoms with van der Waals surface area (Å²) in [5, 5.41) is 13.4. The fraction of sp³-hybridized carbons (Fsp3) is 0.200. The van der Waals surface area contributed by atoms with Crippen molar-refractivity contribution in [3.8, 4) is 11.5 Å². The summed E-state index contributed by atoms with van der Waals surface area (Å²) >= 11 is 1.13. The maximum atomic E-state index is 10.5. The lowest BCUT2D eigenvalue weighted by molar-refractivity contribution is -0.133. The molecule has 2 aromatic heterocycles. The van der Waals surface area contributed by atoms with Gasteiger partial charge in [0, 0.05) is 13.2 Å². The average molecular weight is 250 g/mol. The van der Waals surface area contributed by atoms with Crippen molar-refractivity contribution >= 4 is 17.7 Å². The van der Waals surface area contributed by atoms with E-state index in [1.165, 1.54) is 0 Å². The minimum atomic E-state index is -0.877. The molecular weight excluding hydrogens is 240 g/mol. The third-order valence-electron chi connectivity index (χ3n) is 1.94. The van der Waals surface area contributed by atoms with Crippen LogP contribution in [-0.2, 0) is 11.8 Å². The number of hydrogen-bond acceptors (Lipinski definition) is 5.